The Bertz CT molecular complexity index is 1120. The molecule has 1 aromatic carbocycles. The number of carbonyl (C=O) groups is 2. The van der Waals surface area contributed by atoms with E-state index >= 15 is 0 Å². The van der Waals surface area contributed by atoms with Crippen LogP contribution in [-0.4, -0.2) is 47.4 Å². The fourth-order valence-electron chi connectivity index (χ4n) is 4.43. The molecule has 0 radical (unpaired) electrons. The number of nitrogens with zero attached hydrogens (tertiary/aromatic N) is 2. The number of carbonyl (C=O) groups excluding carboxylic acids is 2. The molecule has 35 heavy (non-hydrogen) atoms. The topological polar surface area (TPSA) is 63.0 Å². The van der Waals surface area contributed by atoms with Crippen molar-refractivity contribution < 1.29 is 18.7 Å². The average Bonchev–Trinajstić information content (AvgIpc) is 3.57. The van der Waals surface area contributed by atoms with Crippen molar-refractivity contribution in [3.8, 4) is 5.75 Å². The Morgan fingerprint density at radius 3 is 2.60 bits per heavy atom. The third kappa shape index (κ3) is 5.61. The van der Waals surface area contributed by atoms with E-state index in [0.717, 1.165) is 24.2 Å². The van der Waals surface area contributed by atoms with Crippen molar-refractivity contribution in [2.45, 2.75) is 58.5 Å². The van der Waals surface area contributed by atoms with Crippen molar-refractivity contribution in [1.29, 1.82) is 0 Å². The highest BCUT2D eigenvalue weighted by Gasteiger charge is 2.34. The molecule has 0 saturated carbocycles. The maximum absolute atomic E-state index is 13.6. The molecule has 3 heterocycles. The Hall–Kier alpha value is -3.06. The molecular weight excluding hydrogens is 460 g/mol. The third-order valence-electron chi connectivity index (χ3n) is 6.79. The highest BCUT2D eigenvalue weighted by Crippen LogP contribution is 2.34. The molecule has 1 aliphatic rings. The Kier molecular flexibility index (Phi) is 7.96. The molecule has 0 N–H and O–H groups in total. The summed E-state index contributed by atoms with van der Waals surface area (Å²) in [5.74, 6) is 1.16. The van der Waals surface area contributed by atoms with Gasteiger partial charge in [0.05, 0.1) is 12.3 Å². The van der Waals surface area contributed by atoms with Gasteiger partial charge in [-0.25, -0.2) is 0 Å². The zero-order chi connectivity index (χ0) is 24.9. The summed E-state index contributed by atoms with van der Waals surface area (Å²) in [4.78, 5) is 31.5. The number of fused-ring (bicyclic) bond motifs is 1. The number of ether oxygens (including phenoxy) is 1. The lowest BCUT2D eigenvalue weighted by molar-refractivity contribution is -0.136. The van der Waals surface area contributed by atoms with Gasteiger partial charge in [-0.2, -0.15) is 0 Å². The van der Waals surface area contributed by atoms with Crippen LogP contribution in [0.25, 0.3) is 0 Å². The normalized spacial score (nSPS) is 16.1. The number of amides is 2. The molecule has 0 aliphatic carbocycles. The predicted octanol–water partition coefficient (Wildman–Crippen LogP) is 5.91. The molecule has 2 aromatic heterocycles. The van der Waals surface area contributed by atoms with Gasteiger partial charge in [-0.15, -0.1) is 11.3 Å². The minimum atomic E-state index is -0.260. The van der Waals surface area contributed by atoms with Gasteiger partial charge in [0, 0.05) is 17.5 Å². The molecule has 186 valence electrons. The minimum Gasteiger partial charge on any atom is -0.491 e. The average molecular weight is 495 g/mol. The highest BCUT2D eigenvalue weighted by atomic mass is 32.1. The van der Waals surface area contributed by atoms with E-state index in [1.165, 1.54) is 16.7 Å². The number of furan rings is 1. The maximum atomic E-state index is 13.6. The lowest BCUT2D eigenvalue weighted by Crippen LogP contribution is -2.49. The Morgan fingerprint density at radius 1 is 1.17 bits per heavy atom. The smallest absolute Gasteiger partial charge is 0.290 e. The van der Waals surface area contributed by atoms with Gasteiger partial charge >= 0.3 is 0 Å². The Morgan fingerprint density at radius 2 is 1.94 bits per heavy atom. The van der Waals surface area contributed by atoms with Crippen LogP contribution in [0.2, 0.25) is 0 Å². The predicted molar refractivity (Wildman–Crippen MR) is 138 cm³/mol. The molecule has 1 aliphatic heterocycles. The van der Waals surface area contributed by atoms with Crippen LogP contribution in [0.1, 0.15) is 72.6 Å². The Balaban J connectivity index is 1.52. The van der Waals surface area contributed by atoms with E-state index in [0.29, 0.717) is 19.1 Å². The van der Waals surface area contributed by atoms with Gasteiger partial charge in [0.1, 0.15) is 18.9 Å². The van der Waals surface area contributed by atoms with E-state index < -0.39 is 0 Å². The van der Waals surface area contributed by atoms with Gasteiger partial charge in [-0.05, 0) is 72.5 Å². The van der Waals surface area contributed by atoms with Gasteiger partial charge < -0.3 is 19.0 Å². The van der Waals surface area contributed by atoms with Crippen LogP contribution in [0, 0.1) is 0 Å². The molecule has 0 bridgehead atoms. The summed E-state index contributed by atoms with van der Waals surface area (Å²) in [6.07, 6.45) is 3.04. The number of thiophene rings is 1. The fraction of sp³-hybridized carbons (Fsp3) is 0.429. The van der Waals surface area contributed by atoms with Crippen molar-refractivity contribution in [1.82, 2.24) is 9.80 Å². The zero-order valence-electron chi connectivity index (χ0n) is 20.9. The van der Waals surface area contributed by atoms with E-state index in [1.807, 2.05) is 30.9 Å². The molecular formula is C28H34N2O4S. The third-order valence-corrected chi connectivity index (χ3v) is 7.79. The first-order valence-electron chi connectivity index (χ1n) is 12.3. The van der Waals surface area contributed by atoms with Crippen LogP contribution in [0.3, 0.4) is 0 Å². The van der Waals surface area contributed by atoms with Crippen molar-refractivity contribution in [2.75, 3.05) is 19.7 Å². The van der Waals surface area contributed by atoms with E-state index in [-0.39, 0.29) is 36.2 Å². The molecule has 4 rings (SSSR count). The summed E-state index contributed by atoms with van der Waals surface area (Å²) in [6.45, 7) is 9.28. The maximum Gasteiger partial charge on any atom is 0.290 e. The van der Waals surface area contributed by atoms with Gasteiger partial charge in [-0.3, -0.25) is 9.59 Å². The van der Waals surface area contributed by atoms with Crippen molar-refractivity contribution in [3.63, 3.8) is 0 Å². The molecule has 6 nitrogen and oxygen atoms in total. The van der Waals surface area contributed by atoms with E-state index in [1.54, 1.807) is 28.4 Å². The van der Waals surface area contributed by atoms with Crippen LogP contribution in [0.5, 0.6) is 5.75 Å². The second kappa shape index (κ2) is 11.1. The van der Waals surface area contributed by atoms with E-state index in [2.05, 4.69) is 37.4 Å². The second-order valence-corrected chi connectivity index (χ2v) is 10.4. The largest absolute Gasteiger partial charge is 0.491 e. The van der Waals surface area contributed by atoms with Gasteiger partial charge in [0.2, 0.25) is 5.91 Å². The number of hydrogen-bond donors (Lipinski definition) is 0. The Labute approximate surface area is 211 Å². The molecule has 2 atom stereocenters. The number of rotatable bonds is 9. The van der Waals surface area contributed by atoms with Gasteiger partial charge in [-0.1, -0.05) is 32.9 Å². The van der Waals surface area contributed by atoms with Crippen LogP contribution in [0.15, 0.2) is 58.5 Å². The highest BCUT2D eigenvalue weighted by molar-refractivity contribution is 7.10. The van der Waals surface area contributed by atoms with Crippen molar-refractivity contribution in [2.24, 2.45) is 0 Å². The quantitative estimate of drug-likeness (QED) is 0.371. The molecule has 2 amide bonds. The van der Waals surface area contributed by atoms with Gasteiger partial charge in [0.25, 0.3) is 5.91 Å². The summed E-state index contributed by atoms with van der Waals surface area (Å²) in [6, 6.07) is 13.3. The first-order chi connectivity index (χ1) is 16.9. The lowest BCUT2D eigenvalue weighted by Gasteiger charge is -2.38. The summed E-state index contributed by atoms with van der Waals surface area (Å²) >= 11 is 1.72. The van der Waals surface area contributed by atoms with Crippen LogP contribution in [-0.2, 0) is 11.2 Å². The zero-order valence-corrected chi connectivity index (χ0v) is 21.7. The summed E-state index contributed by atoms with van der Waals surface area (Å²) < 4.78 is 11.5. The summed E-state index contributed by atoms with van der Waals surface area (Å²) in [5.41, 5.74) is 2.40. The molecule has 0 unspecified atom stereocenters. The van der Waals surface area contributed by atoms with E-state index in [4.69, 9.17) is 9.15 Å². The van der Waals surface area contributed by atoms with Gasteiger partial charge in [0.15, 0.2) is 5.76 Å². The fourth-order valence-corrected chi connectivity index (χ4v) is 5.35. The SMILES string of the molecule is CC[C@@H](C)N(CC(=O)N1CCc2sccc2[C@@H]1COc1ccc(C(C)C)cc1)C(=O)c1ccco1. The summed E-state index contributed by atoms with van der Waals surface area (Å²) in [5, 5.41) is 2.08. The first kappa shape index (κ1) is 25.0. The van der Waals surface area contributed by atoms with Crippen LogP contribution >= 0.6 is 11.3 Å². The van der Waals surface area contributed by atoms with E-state index in [9.17, 15) is 9.59 Å². The number of hydrogen-bond acceptors (Lipinski definition) is 5. The molecule has 7 heteroatoms. The second-order valence-electron chi connectivity index (χ2n) is 9.35. The standard InChI is InChI=1S/C28H34N2O4S/c1-5-20(4)30(28(32)25-7-6-15-33-25)17-27(31)29-14-12-26-23(13-16-35-26)24(29)18-34-22-10-8-21(9-11-22)19(2)3/h6-11,13,15-16,19-20,24H,5,12,14,17-18H2,1-4H3/t20-,24+/m1/s1. The molecule has 3 aromatic rings. The minimum absolute atomic E-state index is 0.00754. The number of benzene rings is 1. The molecule has 0 fully saturated rings. The lowest BCUT2D eigenvalue weighted by atomic mass is 10.00. The first-order valence-corrected chi connectivity index (χ1v) is 13.2. The molecule has 0 spiro atoms. The van der Waals surface area contributed by atoms with Crippen LogP contribution in [0.4, 0.5) is 0 Å². The van der Waals surface area contributed by atoms with Crippen molar-refractivity contribution in [3.05, 3.63) is 75.9 Å². The van der Waals surface area contributed by atoms with Crippen molar-refractivity contribution >= 4 is 23.2 Å². The molecule has 0 saturated heterocycles. The summed E-state index contributed by atoms with van der Waals surface area (Å²) in [7, 11) is 0. The van der Waals surface area contributed by atoms with Crippen LogP contribution < -0.4 is 4.74 Å². The monoisotopic (exact) mass is 494 g/mol.